The molecule has 0 aliphatic heterocycles. The molecule has 0 atom stereocenters. The van der Waals surface area contributed by atoms with Crippen LogP contribution in [0.25, 0.3) is 10.8 Å². The van der Waals surface area contributed by atoms with Crippen LogP contribution in [0.15, 0.2) is 35.2 Å². The normalized spacial score (nSPS) is 12.0. The molecule has 108 valence electrons. The third kappa shape index (κ3) is 4.08. The van der Waals surface area contributed by atoms with Gasteiger partial charge in [-0.1, -0.05) is 45.9 Å². The van der Waals surface area contributed by atoms with Gasteiger partial charge in [-0.25, -0.2) is 8.42 Å². The molecule has 2 aromatic rings. The summed E-state index contributed by atoms with van der Waals surface area (Å²) in [5, 5.41) is 1.83. The molecule has 0 aliphatic rings. The molecule has 5 heteroatoms. The molecule has 0 spiro atoms. The molecule has 0 saturated carbocycles. The molecular formula is C16H19NaO3S. The smallest absolute Gasteiger partial charge is 0.744 e. The molecule has 3 nitrogen and oxygen atoms in total. The first-order valence-electron chi connectivity index (χ1n) is 6.73. The van der Waals surface area contributed by atoms with Gasteiger partial charge in [0.2, 0.25) is 0 Å². The molecule has 2 rings (SSSR count). The molecule has 0 bridgehead atoms. The van der Waals surface area contributed by atoms with Gasteiger partial charge in [0.1, 0.15) is 10.1 Å². The van der Waals surface area contributed by atoms with Crippen LogP contribution >= 0.6 is 0 Å². The van der Waals surface area contributed by atoms with Crippen LogP contribution in [0.5, 0.6) is 0 Å². The van der Waals surface area contributed by atoms with Crippen LogP contribution in [-0.2, 0) is 10.1 Å². The van der Waals surface area contributed by atoms with Crippen molar-refractivity contribution in [1.29, 1.82) is 0 Å². The Labute approximate surface area is 148 Å². The fraction of sp³-hybridized carbons (Fsp3) is 0.375. The summed E-state index contributed by atoms with van der Waals surface area (Å²) < 4.78 is 33.9. The van der Waals surface area contributed by atoms with Crippen LogP contribution in [0.4, 0.5) is 0 Å². The average molecular weight is 314 g/mol. The minimum Gasteiger partial charge on any atom is -0.744 e. The van der Waals surface area contributed by atoms with Gasteiger partial charge in [-0.3, -0.25) is 0 Å². The van der Waals surface area contributed by atoms with E-state index >= 15 is 0 Å². The van der Waals surface area contributed by atoms with Gasteiger partial charge in [0.25, 0.3) is 0 Å². The van der Waals surface area contributed by atoms with E-state index in [2.05, 4.69) is 19.9 Å². The van der Waals surface area contributed by atoms with Gasteiger partial charge >= 0.3 is 29.6 Å². The van der Waals surface area contributed by atoms with Crippen LogP contribution in [-0.4, -0.2) is 13.0 Å². The van der Waals surface area contributed by atoms with E-state index in [1.54, 1.807) is 0 Å². The molecule has 0 aliphatic carbocycles. The third-order valence-electron chi connectivity index (χ3n) is 3.56. The summed E-state index contributed by atoms with van der Waals surface area (Å²) >= 11 is 0. The van der Waals surface area contributed by atoms with Crippen LogP contribution in [0.1, 0.15) is 50.7 Å². The number of rotatable bonds is 3. The minimum atomic E-state index is -4.43. The maximum Gasteiger partial charge on any atom is 1.00 e. The van der Waals surface area contributed by atoms with Crippen molar-refractivity contribution >= 4 is 20.9 Å². The Bertz CT molecular complexity index is 749. The molecule has 0 amide bonds. The second-order valence-corrected chi connectivity index (χ2v) is 7.14. The molecule has 0 radical (unpaired) electrons. The van der Waals surface area contributed by atoms with Crippen molar-refractivity contribution < 1.29 is 42.5 Å². The molecule has 0 N–H and O–H groups in total. The first-order chi connectivity index (χ1) is 9.20. The van der Waals surface area contributed by atoms with Crippen molar-refractivity contribution in [3.63, 3.8) is 0 Å². The summed E-state index contributed by atoms with van der Waals surface area (Å²) in [6, 6.07) is 9.03. The minimum absolute atomic E-state index is 0. The zero-order valence-electron chi connectivity index (χ0n) is 13.2. The molecule has 0 heterocycles. The van der Waals surface area contributed by atoms with E-state index in [1.165, 1.54) is 12.1 Å². The molecule has 21 heavy (non-hydrogen) atoms. The Kier molecular flexibility index (Phi) is 6.04. The van der Waals surface area contributed by atoms with Gasteiger partial charge in [0, 0.05) is 0 Å². The monoisotopic (exact) mass is 314 g/mol. The summed E-state index contributed by atoms with van der Waals surface area (Å²) in [5.41, 5.74) is 2.03. The van der Waals surface area contributed by atoms with Crippen molar-refractivity contribution in [2.45, 2.75) is 44.4 Å². The average Bonchev–Trinajstić information content (AvgIpc) is 2.35. The van der Waals surface area contributed by atoms with E-state index in [-0.39, 0.29) is 40.4 Å². The van der Waals surface area contributed by atoms with Crippen LogP contribution in [0.3, 0.4) is 0 Å². The number of hydrogen-bond donors (Lipinski definition) is 0. The quantitative estimate of drug-likeness (QED) is 0.627. The summed E-state index contributed by atoms with van der Waals surface area (Å²) in [5.74, 6) is 0.513. The number of fused-ring (bicyclic) bond motifs is 1. The van der Waals surface area contributed by atoms with Gasteiger partial charge in [0.05, 0.1) is 4.90 Å². The maximum atomic E-state index is 11.3. The van der Waals surface area contributed by atoms with E-state index in [1.807, 2.05) is 26.0 Å². The van der Waals surface area contributed by atoms with Crippen molar-refractivity contribution in [2.75, 3.05) is 0 Å². The molecule has 0 fully saturated rings. The van der Waals surface area contributed by atoms with Gasteiger partial charge in [0.15, 0.2) is 0 Å². The van der Waals surface area contributed by atoms with Crippen molar-refractivity contribution in [3.05, 3.63) is 41.5 Å². The Hall–Kier alpha value is -0.390. The fourth-order valence-electron chi connectivity index (χ4n) is 2.37. The Balaban J connectivity index is 0.00000220. The Morgan fingerprint density at radius 3 is 2.05 bits per heavy atom. The number of hydrogen-bond acceptors (Lipinski definition) is 3. The standard InChI is InChI=1S/C16H20O3S.Na/c1-10(2)12-5-6-15-13(7-12)8-14(20(17,18)19)9-16(15)11(3)4;/h5-11H,1-4H3,(H,17,18,19);/q;+1/p-1. The zero-order valence-corrected chi connectivity index (χ0v) is 16.0. The largest absolute Gasteiger partial charge is 1.00 e. The maximum absolute atomic E-state index is 11.3. The van der Waals surface area contributed by atoms with Crippen molar-refractivity contribution in [2.24, 2.45) is 0 Å². The summed E-state index contributed by atoms with van der Waals surface area (Å²) in [6.07, 6.45) is 0. The van der Waals surface area contributed by atoms with Crippen molar-refractivity contribution in [3.8, 4) is 0 Å². The van der Waals surface area contributed by atoms with Gasteiger partial charge in [-0.15, -0.1) is 0 Å². The van der Waals surface area contributed by atoms with E-state index in [4.69, 9.17) is 0 Å². The molecular weight excluding hydrogens is 295 g/mol. The van der Waals surface area contributed by atoms with E-state index < -0.39 is 10.1 Å². The predicted octanol–water partition coefficient (Wildman–Crippen LogP) is 0.995. The van der Waals surface area contributed by atoms with Gasteiger partial charge in [-0.2, -0.15) is 0 Å². The summed E-state index contributed by atoms with van der Waals surface area (Å²) in [6.45, 7) is 8.15. The van der Waals surface area contributed by atoms with Crippen LogP contribution in [0.2, 0.25) is 0 Å². The van der Waals surface area contributed by atoms with Crippen molar-refractivity contribution in [1.82, 2.24) is 0 Å². The topological polar surface area (TPSA) is 57.2 Å². The summed E-state index contributed by atoms with van der Waals surface area (Å²) in [4.78, 5) is -0.144. The predicted molar refractivity (Wildman–Crippen MR) is 80.1 cm³/mol. The molecule has 0 saturated heterocycles. The molecule has 0 unspecified atom stereocenters. The SMILES string of the molecule is CC(C)c1ccc2c(C(C)C)cc(S(=O)(=O)[O-])cc2c1.[Na+]. The van der Waals surface area contributed by atoms with E-state index in [0.29, 0.717) is 5.92 Å². The summed E-state index contributed by atoms with van der Waals surface area (Å²) in [7, 11) is -4.43. The van der Waals surface area contributed by atoms with Crippen LogP contribution < -0.4 is 29.6 Å². The van der Waals surface area contributed by atoms with Gasteiger partial charge < -0.3 is 4.55 Å². The zero-order chi connectivity index (χ0) is 15.1. The second-order valence-electron chi connectivity index (χ2n) is 5.76. The van der Waals surface area contributed by atoms with Gasteiger partial charge in [-0.05, 0) is 45.9 Å². The first-order valence-corrected chi connectivity index (χ1v) is 8.14. The second kappa shape index (κ2) is 6.80. The number of benzene rings is 2. The van der Waals surface area contributed by atoms with E-state index in [0.717, 1.165) is 21.9 Å². The fourth-order valence-corrected chi connectivity index (χ4v) is 2.91. The molecule has 0 aromatic heterocycles. The Morgan fingerprint density at radius 2 is 1.57 bits per heavy atom. The molecule has 2 aromatic carbocycles. The van der Waals surface area contributed by atoms with E-state index in [9.17, 15) is 13.0 Å². The third-order valence-corrected chi connectivity index (χ3v) is 4.37. The van der Waals surface area contributed by atoms with Crippen LogP contribution in [0, 0.1) is 0 Å². The Morgan fingerprint density at radius 1 is 0.952 bits per heavy atom. The first kappa shape index (κ1) is 18.7.